The first-order valence-electron chi connectivity index (χ1n) is 12.6. The summed E-state index contributed by atoms with van der Waals surface area (Å²) in [6.45, 7) is 2.88. The first-order valence-corrected chi connectivity index (χ1v) is 12.6. The summed E-state index contributed by atoms with van der Waals surface area (Å²) in [6.07, 6.45) is 12.2. The van der Waals surface area contributed by atoms with Crippen LogP contribution in [0.4, 0.5) is 0 Å². The van der Waals surface area contributed by atoms with Crippen LogP contribution in [0.15, 0.2) is 54.9 Å². The van der Waals surface area contributed by atoms with E-state index in [-0.39, 0.29) is 5.92 Å². The van der Waals surface area contributed by atoms with E-state index in [2.05, 4.69) is 40.3 Å². The van der Waals surface area contributed by atoms with Crippen LogP contribution in [0.5, 0.6) is 0 Å². The molecule has 33 heavy (non-hydrogen) atoms. The van der Waals surface area contributed by atoms with Crippen molar-refractivity contribution in [2.75, 3.05) is 13.1 Å². The molecule has 3 heterocycles. The molecule has 1 N–H and O–H groups in total. The fourth-order valence-corrected chi connectivity index (χ4v) is 5.71. The Balaban J connectivity index is 1.23. The molecule has 1 aliphatic carbocycles. The summed E-state index contributed by atoms with van der Waals surface area (Å²) >= 11 is 0. The first-order chi connectivity index (χ1) is 16.2. The minimum atomic E-state index is -0.468. The Morgan fingerprint density at radius 2 is 1.73 bits per heavy atom. The maximum Gasteiger partial charge on any atom is 0.0988 e. The molecule has 1 atom stereocenters. The molecule has 2 aliphatic rings. The van der Waals surface area contributed by atoms with Crippen LogP contribution in [0, 0.1) is 5.92 Å². The van der Waals surface area contributed by atoms with E-state index in [1.807, 2.05) is 29.9 Å². The Kier molecular flexibility index (Phi) is 6.88. The monoisotopic (exact) mass is 444 g/mol. The number of benzene rings is 1. The minimum absolute atomic E-state index is 0.275. The van der Waals surface area contributed by atoms with Gasteiger partial charge in [0.05, 0.1) is 17.5 Å². The molecule has 1 aromatic carbocycles. The van der Waals surface area contributed by atoms with Crippen molar-refractivity contribution in [1.29, 1.82) is 0 Å². The number of aliphatic hydroxyl groups excluding tert-OH is 1. The van der Waals surface area contributed by atoms with Crippen molar-refractivity contribution in [3.8, 4) is 11.3 Å². The molecule has 3 aromatic rings. The topological polar surface area (TPSA) is 54.2 Å². The number of rotatable bonds is 6. The number of piperidine rings is 1. The Hall–Kier alpha value is -2.50. The molecule has 5 heteroatoms. The Morgan fingerprint density at radius 1 is 0.970 bits per heavy atom. The van der Waals surface area contributed by atoms with Gasteiger partial charge in [-0.2, -0.15) is 5.10 Å². The highest BCUT2D eigenvalue weighted by atomic mass is 16.3. The average Bonchev–Trinajstić information content (AvgIpc) is 3.25. The largest absolute Gasteiger partial charge is 0.387 e. The van der Waals surface area contributed by atoms with Crippen LogP contribution in [0.1, 0.15) is 73.8 Å². The predicted octanol–water partition coefficient (Wildman–Crippen LogP) is 5.48. The van der Waals surface area contributed by atoms with E-state index in [0.717, 1.165) is 49.8 Å². The second-order valence-corrected chi connectivity index (χ2v) is 9.95. The number of aromatic nitrogens is 3. The van der Waals surface area contributed by atoms with E-state index in [0.29, 0.717) is 0 Å². The van der Waals surface area contributed by atoms with E-state index >= 15 is 0 Å². The zero-order chi connectivity index (χ0) is 22.6. The lowest BCUT2D eigenvalue weighted by molar-refractivity contribution is 0.0540. The molecule has 0 amide bonds. The number of hydrogen-bond donors (Lipinski definition) is 1. The van der Waals surface area contributed by atoms with Crippen molar-refractivity contribution in [3.05, 3.63) is 71.7 Å². The van der Waals surface area contributed by atoms with E-state index in [1.165, 1.54) is 48.8 Å². The summed E-state index contributed by atoms with van der Waals surface area (Å²) in [7, 11) is 2.01. The summed E-state index contributed by atoms with van der Waals surface area (Å²) in [4.78, 5) is 6.85. The maximum atomic E-state index is 10.7. The fraction of sp³-hybridized carbons (Fsp3) is 0.500. The number of aryl methyl sites for hydroxylation is 1. The van der Waals surface area contributed by atoms with E-state index in [1.54, 1.807) is 6.20 Å². The molecular formula is C28H36N4O. The zero-order valence-electron chi connectivity index (χ0n) is 19.7. The molecule has 174 valence electrons. The van der Waals surface area contributed by atoms with Crippen LogP contribution < -0.4 is 0 Å². The van der Waals surface area contributed by atoms with Crippen molar-refractivity contribution >= 4 is 0 Å². The Labute approximate surface area is 197 Å². The highest BCUT2D eigenvalue weighted by molar-refractivity contribution is 5.63. The quantitative estimate of drug-likeness (QED) is 0.547. The SMILES string of the molecule is Cn1cc(CN2CCC(C(O)c3ccccn3)CC2)c(-c2ccc(C3CCCCC3)cc2)n1. The van der Waals surface area contributed by atoms with Crippen LogP contribution in [0.3, 0.4) is 0 Å². The summed E-state index contributed by atoms with van der Waals surface area (Å²) in [6, 6.07) is 15.0. The smallest absolute Gasteiger partial charge is 0.0988 e. The molecule has 1 saturated heterocycles. The van der Waals surface area contributed by atoms with Gasteiger partial charge >= 0.3 is 0 Å². The van der Waals surface area contributed by atoms with E-state index in [9.17, 15) is 5.11 Å². The number of likely N-dealkylation sites (tertiary alicyclic amines) is 1. The lowest BCUT2D eigenvalue weighted by Crippen LogP contribution is -2.35. The van der Waals surface area contributed by atoms with Crippen molar-refractivity contribution < 1.29 is 5.11 Å². The van der Waals surface area contributed by atoms with Gasteiger partial charge in [-0.25, -0.2) is 0 Å². The minimum Gasteiger partial charge on any atom is -0.387 e. The third-order valence-corrected chi connectivity index (χ3v) is 7.63. The van der Waals surface area contributed by atoms with Crippen LogP contribution in [-0.4, -0.2) is 37.9 Å². The van der Waals surface area contributed by atoms with Gasteiger partial charge < -0.3 is 5.11 Å². The average molecular weight is 445 g/mol. The first kappa shape index (κ1) is 22.3. The Bertz CT molecular complexity index is 1020. The number of pyridine rings is 1. The summed E-state index contributed by atoms with van der Waals surface area (Å²) < 4.78 is 1.94. The normalized spacial score (nSPS) is 19.6. The maximum absolute atomic E-state index is 10.7. The van der Waals surface area contributed by atoms with Gasteiger partial charge in [0.1, 0.15) is 0 Å². The molecule has 1 unspecified atom stereocenters. The van der Waals surface area contributed by atoms with Gasteiger partial charge in [-0.15, -0.1) is 0 Å². The van der Waals surface area contributed by atoms with Gasteiger partial charge in [-0.1, -0.05) is 49.6 Å². The second kappa shape index (κ2) is 10.2. The van der Waals surface area contributed by atoms with Crippen molar-refractivity contribution in [1.82, 2.24) is 19.7 Å². The van der Waals surface area contributed by atoms with Gasteiger partial charge in [-0.3, -0.25) is 14.6 Å². The van der Waals surface area contributed by atoms with Gasteiger partial charge in [0, 0.05) is 37.1 Å². The molecule has 0 radical (unpaired) electrons. The number of hydrogen-bond acceptors (Lipinski definition) is 4. The fourth-order valence-electron chi connectivity index (χ4n) is 5.71. The molecule has 0 spiro atoms. The van der Waals surface area contributed by atoms with Gasteiger partial charge in [0.2, 0.25) is 0 Å². The molecule has 5 rings (SSSR count). The van der Waals surface area contributed by atoms with Crippen LogP contribution >= 0.6 is 0 Å². The summed E-state index contributed by atoms with van der Waals surface area (Å²) in [5.74, 6) is 1.01. The van der Waals surface area contributed by atoms with Gasteiger partial charge in [-0.05, 0) is 68.3 Å². The van der Waals surface area contributed by atoms with Crippen molar-refractivity contribution in [3.63, 3.8) is 0 Å². The van der Waals surface area contributed by atoms with Crippen LogP contribution in [-0.2, 0) is 13.6 Å². The molecule has 2 fully saturated rings. The van der Waals surface area contributed by atoms with Crippen molar-refractivity contribution in [2.24, 2.45) is 13.0 Å². The van der Waals surface area contributed by atoms with Gasteiger partial charge in [0.25, 0.3) is 0 Å². The summed E-state index contributed by atoms with van der Waals surface area (Å²) in [5, 5.41) is 15.6. The van der Waals surface area contributed by atoms with Crippen LogP contribution in [0.2, 0.25) is 0 Å². The van der Waals surface area contributed by atoms with Gasteiger partial charge in [0.15, 0.2) is 0 Å². The number of aliphatic hydroxyl groups is 1. The predicted molar refractivity (Wildman–Crippen MR) is 132 cm³/mol. The van der Waals surface area contributed by atoms with Crippen LogP contribution in [0.25, 0.3) is 11.3 Å². The molecule has 2 aromatic heterocycles. The third kappa shape index (κ3) is 5.20. The molecule has 1 aliphatic heterocycles. The molecular weight excluding hydrogens is 408 g/mol. The van der Waals surface area contributed by atoms with E-state index < -0.39 is 6.10 Å². The number of nitrogens with zero attached hydrogens (tertiary/aromatic N) is 4. The lowest BCUT2D eigenvalue weighted by atomic mass is 9.84. The Morgan fingerprint density at radius 3 is 2.42 bits per heavy atom. The zero-order valence-corrected chi connectivity index (χ0v) is 19.7. The molecule has 5 nitrogen and oxygen atoms in total. The molecule has 1 saturated carbocycles. The second-order valence-electron chi connectivity index (χ2n) is 9.95. The van der Waals surface area contributed by atoms with E-state index in [4.69, 9.17) is 5.10 Å². The highest BCUT2D eigenvalue weighted by Crippen LogP contribution is 2.34. The lowest BCUT2D eigenvalue weighted by Gasteiger charge is -2.34. The summed E-state index contributed by atoms with van der Waals surface area (Å²) in [5.41, 5.74) is 5.88. The van der Waals surface area contributed by atoms with Crippen molar-refractivity contribution in [2.45, 2.75) is 63.5 Å². The molecule has 0 bridgehead atoms. The third-order valence-electron chi connectivity index (χ3n) is 7.63. The highest BCUT2D eigenvalue weighted by Gasteiger charge is 2.27. The standard InChI is InChI=1S/C28H36N4O/c1-31-19-25(20-32-17-14-24(15-18-32)28(33)26-9-5-6-16-29-26)27(30-31)23-12-10-22(11-13-23)21-7-3-2-4-8-21/h5-6,9-13,16,19,21,24,28,33H,2-4,7-8,14-15,17-18,20H2,1H3.